The van der Waals surface area contributed by atoms with E-state index >= 15 is 0 Å². The quantitative estimate of drug-likeness (QED) is 0.568. The number of benzene rings is 1. The molecule has 0 spiro atoms. The summed E-state index contributed by atoms with van der Waals surface area (Å²) in [6.45, 7) is 1.31. The summed E-state index contributed by atoms with van der Waals surface area (Å²) in [7, 11) is 0. The van der Waals surface area contributed by atoms with Crippen molar-refractivity contribution in [3.05, 3.63) is 59.1 Å². The van der Waals surface area contributed by atoms with Crippen molar-refractivity contribution in [1.29, 1.82) is 0 Å². The van der Waals surface area contributed by atoms with Crippen molar-refractivity contribution in [2.45, 2.75) is 25.5 Å². The van der Waals surface area contributed by atoms with Gasteiger partial charge in [-0.3, -0.25) is 4.79 Å². The predicted octanol–water partition coefficient (Wildman–Crippen LogP) is 2.29. The summed E-state index contributed by atoms with van der Waals surface area (Å²) < 4.78 is 8.97. The Morgan fingerprint density at radius 1 is 1.15 bits per heavy atom. The lowest BCUT2D eigenvalue weighted by Gasteiger charge is -2.12. The minimum Gasteiger partial charge on any atom is -0.376 e. The molecule has 7 nitrogen and oxygen atoms in total. The fourth-order valence-electron chi connectivity index (χ4n) is 3.50. The van der Waals surface area contributed by atoms with Crippen LogP contribution in [0.2, 0.25) is 0 Å². The molecule has 1 saturated heterocycles. The fourth-order valence-corrected chi connectivity index (χ4v) is 3.50. The van der Waals surface area contributed by atoms with Crippen LogP contribution in [0.15, 0.2) is 53.6 Å². The van der Waals surface area contributed by atoms with Gasteiger partial charge in [0.1, 0.15) is 5.52 Å². The summed E-state index contributed by atoms with van der Waals surface area (Å²) in [5.41, 5.74) is 3.36. The number of hydrogen-bond acceptors (Lipinski definition) is 5. The number of aromatic nitrogens is 5. The lowest BCUT2D eigenvalue weighted by molar-refractivity contribution is 0.0963. The molecular weight excluding hydrogens is 330 g/mol. The van der Waals surface area contributed by atoms with Crippen LogP contribution in [-0.4, -0.2) is 37.1 Å². The summed E-state index contributed by atoms with van der Waals surface area (Å²) in [6, 6.07) is 11.8. The lowest BCUT2D eigenvalue weighted by Crippen LogP contribution is -2.27. The smallest absolute Gasteiger partial charge is 0.280 e. The second-order valence-electron chi connectivity index (χ2n) is 6.50. The molecule has 1 aromatic carbocycles. The first-order chi connectivity index (χ1) is 12.8. The standard InChI is InChI=1S/C19H17N5O2/c25-19-17-16(8-9-23(19)12-14-7-4-10-26-14)24-18(22-21-17)15(11-20-24)13-5-2-1-3-6-13/h1-3,5-6,8-9,11,14H,4,7,10,12H2/t14-/m1/s1. The van der Waals surface area contributed by atoms with Gasteiger partial charge in [0.25, 0.3) is 5.56 Å². The van der Waals surface area contributed by atoms with Gasteiger partial charge in [-0.15, -0.1) is 10.2 Å². The zero-order chi connectivity index (χ0) is 17.5. The van der Waals surface area contributed by atoms with Gasteiger partial charge in [-0.1, -0.05) is 30.3 Å². The minimum absolute atomic E-state index is 0.0937. The monoisotopic (exact) mass is 347 g/mol. The maximum atomic E-state index is 12.8. The first-order valence-corrected chi connectivity index (χ1v) is 8.72. The highest BCUT2D eigenvalue weighted by atomic mass is 16.5. The topological polar surface area (TPSA) is 74.3 Å². The lowest BCUT2D eigenvalue weighted by atomic mass is 10.1. The first kappa shape index (κ1) is 15.2. The number of pyridine rings is 1. The van der Waals surface area contributed by atoms with Crippen molar-refractivity contribution in [3.8, 4) is 11.1 Å². The molecule has 7 heteroatoms. The molecular formula is C19H17N5O2. The molecule has 4 heterocycles. The Bertz CT molecular complexity index is 1140. The van der Waals surface area contributed by atoms with Crippen LogP contribution in [0.3, 0.4) is 0 Å². The van der Waals surface area contributed by atoms with Gasteiger partial charge in [-0.05, 0) is 24.5 Å². The molecule has 1 aliphatic rings. The molecule has 5 rings (SSSR count). The van der Waals surface area contributed by atoms with Crippen LogP contribution in [0.1, 0.15) is 12.8 Å². The van der Waals surface area contributed by atoms with Crippen molar-refractivity contribution in [2.75, 3.05) is 6.61 Å². The van der Waals surface area contributed by atoms with Gasteiger partial charge in [0.05, 0.1) is 18.8 Å². The number of nitrogens with zero attached hydrogens (tertiary/aromatic N) is 5. The zero-order valence-corrected chi connectivity index (χ0v) is 14.1. The number of hydrogen-bond donors (Lipinski definition) is 0. The molecule has 3 aromatic heterocycles. The van der Waals surface area contributed by atoms with E-state index in [1.54, 1.807) is 21.5 Å². The zero-order valence-electron chi connectivity index (χ0n) is 14.1. The highest BCUT2D eigenvalue weighted by Gasteiger charge is 2.18. The molecule has 0 aliphatic carbocycles. The van der Waals surface area contributed by atoms with Gasteiger partial charge in [-0.2, -0.15) is 5.10 Å². The summed E-state index contributed by atoms with van der Waals surface area (Å²) in [5.74, 6) is 0. The fraction of sp³-hybridized carbons (Fsp3) is 0.263. The van der Waals surface area contributed by atoms with Crippen LogP contribution < -0.4 is 5.56 Å². The van der Waals surface area contributed by atoms with Crippen LogP contribution in [0.25, 0.3) is 27.8 Å². The Morgan fingerprint density at radius 3 is 2.85 bits per heavy atom. The van der Waals surface area contributed by atoms with Gasteiger partial charge in [0, 0.05) is 18.4 Å². The average molecular weight is 347 g/mol. The number of fused-ring (bicyclic) bond motifs is 3. The number of rotatable bonds is 3. The minimum atomic E-state index is -0.163. The number of ether oxygens (including phenoxy) is 1. The second-order valence-corrected chi connectivity index (χ2v) is 6.50. The predicted molar refractivity (Wildman–Crippen MR) is 97.0 cm³/mol. The molecule has 4 aromatic rings. The van der Waals surface area contributed by atoms with E-state index < -0.39 is 0 Å². The highest BCUT2D eigenvalue weighted by Crippen LogP contribution is 2.24. The van der Waals surface area contributed by atoms with Gasteiger partial charge in [-0.25, -0.2) is 4.52 Å². The largest absolute Gasteiger partial charge is 0.376 e. The van der Waals surface area contributed by atoms with Crippen molar-refractivity contribution < 1.29 is 4.74 Å². The van der Waals surface area contributed by atoms with E-state index in [9.17, 15) is 4.79 Å². The van der Waals surface area contributed by atoms with Gasteiger partial charge >= 0.3 is 0 Å². The van der Waals surface area contributed by atoms with Gasteiger partial charge in [0.2, 0.25) is 0 Å². The van der Waals surface area contributed by atoms with E-state index in [0.29, 0.717) is 23.2 Å². The van der Waals surface area contributed by atoms with E-state index in [1.807, 2.05) is 36.4 Å². The van der Waals surface area contributed by atoms with E-state index in [2.05, 4.69) is 15.3 Å². The van der Waals surface area contributed by atoms with Gasteiger partial charge in [0.15, 0.2) is 11.2 Å². The molecule has 0 bridgehead atoms. The Balaban J connectivity index is 1.64. The molecule has 1 fully saturated rings. The molecule has 0 N–H and O–H groups in total. The first-order valence-electron chi connectivity index (χ1n) is 8.72. The van der Waals surface area contributed by atoms with Crippen molar-refractivity contribution in [2.24, 2.45) is 0 Å². The molecule has 26 heavy (non-hydrogen) atoms. The van der Waals surface area contributed by atoms with Crippen LogP contribution in [-0.2, 0) is 11.3 Å². The molecule has 0 saturated carbocycles. The molecule has 130 valence electrons. The average Bonchev–Trinajstić information content (AvgIpc) is 3.34. The van der Waals surface area contributed by atoms with Crippen molar-refractivity contribution in [1.82, 2.24) is 24.4 Å². The van der Waals surface area contributed by atoms with Crippen LogP contribution in [0, 0.1) is 0 Å². The SMILES string of the molecule is O=c1c2nnc3c(-c4ccccc4)cnn3c2ccn1C[C@H]1CCCO1. The van der Waals surface area contributed by atoms with E-state index in [1.165, 1.54) is 0 Å². The maximum Gasteiger partial charge on any atom is 0.280 e. The van der Waals surface area contributed by atoms with Gasteiger partial charge < -0.3 is 9.30 Å². The third-order valence-electron chi connectivity index (χ3n) is 4.84. The molecule has 1 aliphatic heterocycles. The summed E-state index contributed by atoms with van der Waals surface area (Å²) in [4.78, 5) is 12.8. The van der Waals surface area contributed by atoms with Crippen LogP contribution in [0.4, 0.5) is 0 Å². The normalized spacial score (nSPS) is 17.3. The van der Waals surface area contributed by atoms with Crippen LogP contribution >= 0.6 is 0 Å². The summed E-state index contributed by atoms with van der Waals surface area (Å²) in [6.07, 6.45) is 5.67. The van der Waals surface area contributed by atoms with Crippen molar-refractivity contribution >= 4 is 16.7 Å². The summed E-state index contributed by atoms with van der Waals surface area (Å²) in [5, 5.41) is 12.9. The Kier molecular flexibility index (Phi) is 3.53. The van der Waals surface area contributed by atoms with E-state index in [-0.39, 0.29) is 11.7 Å². The molecule has 0 radical (unpaired) electrons. The Labute approximate surface area is 148 Å². The van der Waals surface area contributed by atoms with Crippen molar-refractivity contribution in [3.63, 3.8) is 0 Å². The van der Waals surface area contributed by atoms with E-state index in [0.717, 1.165) is 30.6 Å². The summed E-state index contributed by atoms with van der Waals surface area (Å²) >= 11 is 0. The van der Waals surface area contributed by atoms with Crippen LogP contribution in [0.5, 0.6) is 0 Å². The Morgan fingerprint density at radius 2 is 2.04 bits per heavy atom. The molecule has 0 unspecified atom stereocenters. The third-order valence-corrected chi connectivity index (χ3v) is 4.84. The Hall–Kier alpha value is -3.06. The second kappa shape index (κ2) is 6.03. The maximum absolute atomic E-state index is 12.8. The van der Waals surface area contributed by atoms with E-state index in [4.69, 9.17) is 4.74 Å². The molecule has 0 amide bonds. The third kappa shape index (κ3) is 2.40. The highest BCUT2D eigenvalue weighted by molar-refractivity contribution is 5.82. The molecule has 1 atom stereocenters.